The maximum absolute atomic E-state index is 12.3. The van der Waals surface area contributed by atoms with Gasteiger partial charge in [0.2, 0.25) is 5.91 Å². The van der Waals surface area contributed by atoms with Crippen LogP contribution in [0.1, 0.15) is 0 Å². The normalized spacial score (nSPS) is 10.7. The average Bonchev–Trinajstić information content (AvgIpc) is 3.00. The number of rotatable bonds is 7. The average molecular weight is 403 g/mol. The Morgan fingerprint density at radius 1 is 1.37 bits per heavy atom. The first-order valence-corrected chi connectivity index (χ1v) is 9.28. The standard InChI is InChI=1S/C18H15ClN4O3S/c1-2-9-22-16-6-4-3-5-15(16)21-18(22)27-11-17(24)20-14-8-7-12(23(25)26)10-13(14)19/h2-8,10H,1,9,11H2,(H,20,24). The van der Waals surface area contributed by atoms with Gasteiger partial charge in [-0.05, 0) is 18.2 Å². The van der Waals surface area contributed by atoms with E-state index in [4.69, 9.17) is 11.6 Å². The number of benzene rings is 2. The fourth-order valence-corrected chi connectivity index (χ4v) is 3.55. The monoisotopic (exact) mass is 402 g/mol. The topological polar surface area (TPSA) is 90.1 Å². The van der Waals surface area contributed by atoms with Crippen molar-refractivity contribution in [2.75, 3.05) is 11.1 Å². The molecule has 0 saturated heterocycles. The summed E-state index contributed by atoms with van der Waals surface area (Å²) < 4.78 is 1.99. The summed E-state index contributed by atoms with van der Waals surface area (Å²) in [6.45, 7) is 4.35. The summed E-state index contributed by atoms with van der Waals surface area (Å²) in [5, 5.41) is 14.2. The number of nitro groups is 1. The van der Waals surface area contributed by atoms with E-state index in [0.717, 1.165) is 11.0 Å². The van der Waals surface area contributed by atoms with Crippen molar-refractivity contribution in [2.24, 2.45) is 0 Å². The Morgan fingerprint density at radius 3 is 2.85 bits per heavy atom. The van der Waals surface area contributed by atoms with Gasteiger partial charge in [0.1, 0.15) is 0 Å². The molecule has 0 atom stereocenters. The number of hydrogen-bond donors (Lipinski definition) is 1. The third-order valence-corrected chi connectivity index (χ3v) is 4.99. The van der Waals surface area contributed by atoms with Gasteiger partial charge < -0.3 is 9.88 Å². The minimum absolute atomic E-state index is 0.112. The zero-order chi connectivity index (χ0) is 19.4. The van der Waals surface area contributed by atoms with Crippen molar-refractivity contribution in [2.45, 2.75) is 11.7 Å². The molecule has 0 saturated carbocycles. The predicted molar refractivity (Wildman–Crippen MR) is 107 cm³/mol. The van der Waals surface area contributed by atoms with Crippen molar-refractivity contribution in [3.05, 3.63) is 70.3 Å². The molecule has 0 unspecified atom stereocenters. The molecule has 1 amide bonds. The Bertz CT molecular complexity index is 1030. The molecule has 0 aliphatic rings. The van der Waals surface area contributed by atoms with Crippen molar-refractivity contribution in [3.63, 3.8) is 0 Å². The highest BCUT2D eigenvalue weighted by atomic mass is 35.5. The molecule has 0 aliphatic heterocycles. The van der Waals surface area contributed by atoms with Crippen molar-refractivity contribution in [1.29, 1.82) is 0 Å². The highest BCUT2D eigenvalue weighted by Crippen LogP contribution is 2.28. The van der Waals surface area contributed by atoms with Gasteiger partial charge >= 0.3 is 0 Å². The van der Waals surface area contributed by atoms with Gasteiger partial charge in [-0.2, -0.15) is 0 Å². The molecule has 3 rings (SSSR count). The van der Waals surface area contributed by atoms with E-state index in [1.165, 1.54) is 30.0 Å². The number of nitrogens with one attached hydrogen (secondary N) is 1. The lowest BCUT2D eigenvalue weighted by molar-refractivity contribution is -0.384. The van der Waals surface area contributed by atoms with Crippen LogP contribution in [-0.2, 0) is 11.3 Å². The third-order valence-electron chi connectivity index (χ3n) is 3.70. The number of nitro benzene ring substituents is 1. The number of halogens is 1. The predicted octanol–water partition coefficient (Wildman–Crippen LogP) is 4.51. The zero-order valence-electron chi connectivity index (χ0n) is 14.1. The van der Waals surface area contributed by atoms with Crippen LogP contribution in [0.3, 0.4) is 0 Å². The number of imidazole rings is 1. The molecular weight excluding hydrogens is 388 g/mol. The highest BCUT2D eigenvalue weighted by molar-refractivity contribution is 7.99. The molecule has 1 aromatic heterocycles. The van der Waals surface area contributed by atoms with Crippen LogP contribution in [-0.4, -0.2) is 26.1 Å². The van der Waals surface area contributed by atoms with Gasteiger partial charge in [0.25, 0.3) is 5.69 Å². The number of para-hydroxylation sites is 2. The highest BCUT2D eigenvalue weighted by Gasteiger charge is 2.14. The van der Waals surface area contributed by atoms with Crippen LogP contribution in [0, 0.1) is 10.1 Å². The fourth-order valence-electron chi connectivity index (χ4n) is 2.50. The molecule has 0 radical (unpaired) electrons. The SMILES string of the molecule is C=CCn1c(SCC(=O)Nc2ccc([N+](=O)[O-])cc2Cl)nc2ccccc21. The molecular formula is C18H15ClN4O3S. The summed E-state index contributed by atoms with van der Waals surface area (Å²) in [5.74, 6) is -0.165. The van der Waals surface area contributed by atoms with E-state index in [9.17, 15) is 14.9 Å². The molecule has 0 bridgehead atoms. The summed E-state index contributed by atoms with van der Waals surface area (Å²) in [5.41, 5.74) is 2.01. The second kappa shape index (κ2) is 8.24. The number of fused-ring (bicyclic) bond motifs is 1. The smallest absolute Gasteiger partial charge is 0.271 e. The molecule has 1 heterocycles. The van der Waals surface area contributed by atoms with Gasteiger partial charge in [-0.3, -0.25) is 14.9 Å². The number of thioether (sulfide) groups is 1. The van der Waals surface area contributed by atoms with Gasteiger partial charge in [0.15, 0.2) is 5.16 Å². The third kappa shape index (κ3) is 4.29. The number of hydrogen-bond acceptors (Lipinski definition) is 5. The number of aromatic nitrogens is 2. The molecule has 0 aliphatic carbocycles. The van der Waals surface area contributed by atoms with E-state index in [1.54, 1.807) is 6.08 Å². The Kier molecular flexibility index (Phi) is 5.78. The fraction of sp³-hybridized carbons (Fsp3) is 0.111. The minimum atomic E-state index is -0.544. The number of carbonyl (C=O) groups is 1. The van der Waals surface area contributed by atoms with Crippen LogP contribution in [0.4, 0.5) is 11.4 Å². The van der Waals surface area contributed by atoms with Crippen LogP contribution in [0.15, 0.2) is 60.3 Å². The maximum atomic E-state index is 12.3. The number of carbonyl (C=O) groups excluding carboxylic acids is 1. The summed E-state index contributed by atoms with van der Waals surface area (Å²) in [6.07, 6.45) is 1.77. The summed E-state index contributed by atoms with van der Waals surface area (Å²) in [6, 6.07) is 11.6. The van der Waals surface area contributed by atoms with Gasteiger partial charge in [-0.25, -0.2) is 4.98 Å². The second-order valence-electron chi connectivity index (χ2n) is 5.54. The molecule has 9 heteroatoms. The van der Waals surface area contributed by atoms with Crippen molar-refractivity contribution in [1.82, 2.24) is 9.55 Å². The van der Waals surface area contributed by atoms with E-state index >= 15 is 0 Å². The lowest BCUT2D eigenvalue weighted by Crippen LogP contribution is -2.15. The molecule has 0 fully saturated rings. The molecule has 1 N–H and O–H groups in total. The van der Waals surface area contributed by atoms with Crippen LogP contribution in [0.25, 0.3) is 11.0 Å². The summed E-state index contributed by atoms with van der Waals surface area (Å²) in [4.78, 5) is 27.0. The van der Waals surface area contributed by atoms with E-state index in [0.29, 0.717) is 17.4 Å². The van der Waals surface area contributed by atoms with Crippen LogP contribution < -0.4 is 5.32 Å². The first-order valence-electron chi connectivity index (χ1n) is 7.92. The first-order chi connectivity index (χ1) is 13.0. The molecule has 7 nitrogen and oxygen atoms in total. The Hall–Kier alpha value is -2.84. The summed E-state index contributed by atoms with van der Waals surface area (Å²) >= 11 is 7.30. The zero-order valence-corrected chi connectivity index (χ0v) is 15.7. The first kappa shape index (κ1) is 18.9. The van der Waals surface area contributed by atoms with Crippen LogP contribution >= 0.6 is 23.4 Å². The van der Waals surface area contributed by atoms with Crippen LogP contribution in [0.2, 0.25) is 5.02 Å². The van der Waals surface area contributed by atoms with E-state index in [2.05, 4.69) is 16.9 Å². The number of nitrogens with zero attached hydrogens (tertiary/aromatic N) is 3. The Balaban J connectivity index is 1.71. The van der Waals surface area contributed by atoms with Crippen molar-refractivity contribution in [3.8, 4) is 0 Å². The van der Waals surface area contributed by atoms with Gasteiger partial charge in [0, 0.05) is 18.7 Å². The quantitative estimate of drug-likeness (QED) is 0.271. The van der Waals surface area contributed by atoms with Crippen LogP contribution in [0.5, 0.6) is 0 Å². The minimum Gasteiger partial charge on any atom is -0.324 e. The van der Waals surface area contributed by atoms with Crippen molar-refractivity contribution >= 4 is 51.7 Å². The second-order valence-corrected chi connectivity index (χ2v) is 6.89. The van der Waals surface area contributed by atoms with Crippen molar-refractivity contribution < 1.29 is 9.72 Å². The maximum Gasteiger partial charge on any atom is 0.271 e. The van der Waals surface area contributed by atoms with Gasteiger partial charge in [0.05, 0.1) is 32.4 Å². The lowest BCUT2D eigenvalue weighted by Gasteiger charge is -2.08. The lowest BCUT2D eigenvalue weighted by atomic mass is 10.3. The molecule has 27 heavy (non-hydrogen) atoms. The van der Waals surface area contributed by atoms with Gasteiger partial charge in [-0.15, -0.1) is 6.58 Å². The molecule has 2 aromatic carbocycles. The number of amides is 1. The molecule has 138 valence electrons. The number of allylic oxidation sites excluding steroid dienone is 1. The Labute approximate surface area is 164 Å². The van der Waals surface area contributed by atoms with E-state index in [1.807, 2.05) is 28.8 Å². The summed E-state index contributed by atoms with van der Waals surface area (Å²) in [7, 11) is 0. The molecule has 3 aromatic rings. The Morgan fingerprint density at radius 2 is 2.15 bits per heavy atom. The number of anilines is 1. The number of non-ortho nitro benzene ring substituents is 1. The van der Waals surface area contributed by atoms with Gasteiger partial charge in [-0.1, -0.05) is 41.6 Å². The van der Waals surface area contributed by atoms with E-state index in [-0.39, 0.29) is 22.4 Å². The largest absolute Gasteiger partial charge is 0.324 e. The molecule has 0 spiro atoms. The van der Waals surface area contributed by atoms with E-state index < -0.39 is 4.92 Å².